The minimum Gasteiger partial charge on any atom is -0.452 e. The molecule has 0 saturated heterocycles. The van der Waals surface area contributed by atoms with Gasteiger partial charge in [-0.2, -0.15) is 0 Å². The maximum Gasteiger partial charge on any atom is 0.339 e. The van der Waals surface area contributed by atoms with Crippen LogP contribution in [0.25, 0.3) is 21.5 Å². The lowest BCUT2D eigenvalue weighted by atomic mass is 10.1. The second-order valence-corrected chi connectivity index (χ2v) is 7.84. The SMILES string of the molecule is Cc1cc(NC(=O)COC(=O)c2cc(-c3ccc(Cl)s3)nc3ccccc23)no1. The van der Waals surface area contributed by atoms with Crippen LogP contribution in [0, 0.1) is 6.92 Å². The Bertz CT molecular complexity index is 1220. The summed E-state index contributed by atoms with van der Waals surface area (Å²) in [6.45, 7) is 1.25. The number of anilines is 1. The van der Waals surface area contributed by atoms with Crippen molar-refractivity contribution in [3.63, 3.8) is 0 Å². The molecule has 9 heteroatoms. The number of rotatable bonds is 5. The van der Waals surface area contributed by atoms with E-state index in [1.807, 2.05) is 24.3 Å². The fraction of sp³-hybridized carbons (Fsp3) is 0.100. The Morgan fingerprint density at radius 2 is 2.03 bits per heavy atom. The van der Waals surface area contributed by atoms with Crippen LogP contribution in [0.5, 0.6) is 0 Å². The average molecular weight is 428 g/mol. The number of ether oxygens (including phenoxy) is 1. The van der Waals surface area contributed by atoms with Gasteiger partial charge in [0, 0.05) is 11.5 Å². The number of aryl methyl sites for hydroxylation is 1. The van der Waals surface area contributed by atoms with Crippen LogP contribution < -0.4 is 5.32 Å². The Morgan fingerprint density at radius 1 is 1.21 bits per heavy atom. The van der Waals surface area contributed by atoms with Crippen LogP contribution in [-0.4, -0.2) is 28.6 Å². The molecule has 0 bridgehead atoms. The van der Waals surface area contributed by atoms with Gasteiger partial charge >= 0.3 is 5.97 Å². The number of amides is 1. The molecule has 0 saturated carbocycles. The molecular formula is C20H14ClN3O4S. The van der Waals surface area contributed by atoms with E-state index in [9.17, 15) is 9.59 Å². The number of thiophene rings is 1. The number of carbonyl (C=O) groups excluding carboxylic acids is 2. The Balaban J connectivity index is 1.57. The number of para-hydroxylation sites is 1. The number of halogens is 1. The Labute approximate surface area is 174 Å². The third kappa shape index (κ3) is 4.28. The summed E-state index contributed by atoms with van der Waals surface area (Å²) in [5.41, 5.74) is 1.57. The number of esters is 1. The molecule has 0 aliphatic carbocycles. The molecule has 1 amide bonds. The number of nitrogens with one attached hydrogen (secondary N) is 1. The predicted octanol–water partition coefficient (Wildman–Crippen LogP) is 4.71. The minimum atomic E-state index is -0.626. The first-order valence-corrected chi connectivity index (χ1v) is 9.75. The number of nitrogens with zero attached hydrogens (tertiary/aromatic N) is 2. The highest BCUT2D eigenvalue weighted by molar-refractivity contribution is 7.19. The predicted molar refractivity (Wildman–Crippen MR) is 110 cm³/mol. The first kappa shape index (κ1) is 19.1. The number of pyridine rings is 1. The van der Waals surface area contributed by atoms with Crippen molar-refractivity contribution in [3.05, 3.63) is 64.2 Å². The normalized spacial score (nSPS) is 10.8. The zero-order valence-corrected chi connectivity index (χ0v) is 16.7. The second-order valence-electron chi connectivity index (χ2n) is 6.12. The van der Waals surface area contributed by atoms with Crippen LogP contribution in [0.15, 0.2) is 53.1 Å². The molecule has 1 N–H and O–H groups in total. The molecule has 0 radical (unpaired) electrons. The lowest BCUT2D eigenvalue weighted by Gasteiger charge is -2.09. The molecule has 146 valence electrons. The summed E-state index contributed by atoms with van der Waals surface area (Å²) in [5.74, 6) is -0.328. The largest absolute Gasteiger partial charge is 0.452 e. The second kappa shape index (κ2) is 8.02. The van der Waals surface area contributed by atoms with E-state index in [4.69, 9.17) is 20.9 Å². The van der Waals surface area contributed by atoms with Crippen LogP contribution in [0.4, 0.5) is 5.82 Å². The molecule has 4 rings (SSSR count). The van der Waals surface area contributed by atoms with Gasteiger partial charge in [-0.25, -0.2) is 9.78 Å². The number of hydrogen-bond acceptors (Lipinski definition) is 7. The fourth-order valence-corrected chi connectivity index (χ4v) is 3.74. The maximum absolute atomic E-state index is 12.7. The zero-order chi connectivity index (χ0) is 20.4. The van der Waals surface area contributed by atoms with Crippen molar-refractivity contribution in [1.29, 1.82) is 0 Å². The molecule has 0 fully saturated rings. The van der Waals surface area contributed by atoms with Crippen LogP contribution >= 0.6 is 22.9 Å². The molecule has 0 aliphatic rings. The summed E-state index contributed by atoms with van der Waals surface area (Å²) in [5, 5.41) is 6.80. The number of benzene rings is 1. The zero-order valence-electron chi connectivity index (χ0n) is 15.1. The van der Waals surface area contributed by atoms with Crippen molar-refractivity contribution in [3.8, 4) is 10.6 Å². The molecule has 0 unspecified atom stereocenters. The standard InChI is InChI=1S/C20H14ClN3O4S/c1-11-8-18(24-28-11)23-19(25)10-27-20(26)13-9-15(16-6-7-17(21)29-16)22-14-5-3-2-4-12(13)14/h2-9H,10H2,1H3,(H,23,24,25). The first-order valence-electron chi connectivity index (χ1n) is 8.55. The molecule has 7 nitrogen and oxygen atoms in total. The number of aromatic nitrogens is 2. The van der Waals surface area contributed by atoms with E-state index in [-0.39, 0.29) is 5.82 Å². The first-order chi connectivity index (χ1) is 14.0. The number of hydrogen-bond donors (Lipinski definition) is 1. The van der Waals surface area contributed by atoms with Crippen LogP contribution in [-0.2, 0) is 9.53 Å². The third-order valence-electron chi connectivity index (χ3n) is 3.99. The van der Waals surface area contributed by atoms with E-state index in [1.165, 1.54) is 11.3 Å². The van der Waals surface area contributed by atoms with Gasteiger partial charge in [-0.1, -0.05) is 35.0 Å². The molecule has 4 aromatic rings. The van der Waals surface area contributed by atoms with Gasteiger partial charge in [0.25, 0.3) is 5.91 Å². The van der Waals surface area contributed by atoms with E-state index in [0.29, 0.717) is 32.3 Å². The van der Waals surface area contributed by atoms with Crippen LogP contribution in [0.1, 0.15) is 16.1 Å². The van der Waals surface area contributed by atoms with Crippen molar-refractivity contribution in [2.24, 2.45) is 0 Å². The summed E-state index contributed by atoms with van der Waals surface area (Å²) in [7, 11) is 0. The molecule has 0 aliphatic heterocycles. The number of fused-ring (bicyclic) bond motifs is 1. The lowest BCUT2D eigenvalue weighted by molar-refractivity contribution is -0.119. The average Bonchev–Trinajstić information content (AvgIpc) is 3.33. The van der Waals surface area contributed by atoms with E-state index in [1.54, 1.807) is 31.2 Å². The number of carbonyl (C=O) groups is 2. The Morgan fingerprint density at radius 3 is 2.76 bits per heavy atom. The minimum absolute atomic E-state index is 0.259. The highest BCUT2D eigenvalue weighted by Crippen LogP contribution is 2.32. The molecular weight excluding hydrogens is 414 g/mol. The highest BCUT2D eigenvalue weighted by atomic mass is 35.5. The smallest absolute Gasteiger partial charge is 0.339 e. The van der Waals surface area contributed by atoms with Crippen LogP contribution in [0.2, 0.25) is 4.34 Å². The highest BCUT2D eigenvalue weighted by Gasteiger charge is 2.17. The van der Waals surface area contributed by atoms with Gasteiger partial charge < -0.3 is 14.6 Å². The summed E-state index contributed by atoms with van der Waals surface area (Å²) in [4.78, 5) is 30.2. The quantitative estimate of drug-likeness (QED) is 0.463. The van der Waals surface area contributed by atoms with Crippen molar-refractivity contribution in [2.75, 3.05) is 11.9 Å². The topological polar surface area (TPSA) is 94.3 Å². The van der Waals surface area contributed by atoms with Crippen molar-refractivity contribution < 1.29 is 18.8 Å². The van der Waals surface area contributed by atoms with Gasteiger partial charge in [0.2, 0.25) is 0 Å². The van der Waals surface area contributed by atoms with Gasteiger partial charge in [-0.05, 0) is 31.2 Å². The summed E-state index contributed by atoms with van der Waals surface area (Å²) < 4.78 is 10.7. The Hall–Kier alpha value is -3.23. The molecule has 1 aromatic carbocycles. The van der Waals surface area contributed by atoms with Crippen molar-refractivity contribution >= 4 is 51.5 Å². The molecule has 0 spiro atoms. The van der Waals surface area contributed by atoms with Crippen molar-refractivity contribution in [2.45, 2.75) is 6.92 Å². The van der Waals surface area contributed by atoms with Crippen molar-refractivity contribution in [1.82, 2.24) is 10.1 Å². The van der Waals surface area contributed by atoms with Gasteiger partial charge in [0.1, 0.15) is 5.76 Å². The third-order valence-corrected chi connectivity index (χ3v) is 5.25. The van der Waals surface area contributed by atoms with Gasteiger partial charge in [-0.3, -0.25) is 4.79 Å². The molecule has 0 atom stereocenters. The Kier molecular flexibility index (Phi) is 5.28. The fourth-order valence-electron chi connectivity index (χ4n) is 2.74. The summed E-state index contributed by atoms with van der Waals surface area (Å²) in [6, 6.07) is 14.1. The summed E-state index contributed by atoms with van der Waals surface area (Å²) in [6.07, 6.45) is 0. The van der Waals surface area contributed by atoms with E-state index in [2.05, 4.69) is 15.5 Å². The van der Waals surface area contributed by atoms with Gasteiger partial charge in [0.05, 0.1) is 26.0 Å². The molecule has 29 heavy (non-hydrogen) atoms. The van der Waals surface area contributed by atoms with E-state index >= 15 is 0 Å². The summed E-state index contributed by atoms with van der Waals surface area (Å²) >= 11 is 7.39. The maximum atomic E-state index is 12.7. The molecule has 3 aromatic heterocycles. The van der Waals surface area contributed by atoms with Gasteiger partial charge in [-0.15, -0.1) is 11.3 Å². The van der Waals surface area contributed by atoms with Gasteiger partial charge in [0.15, 0.2) is 12.4 Å². The van der Waals surface area contributed by atoms with E-state index < -0.39 is 18.5 Å². The van der Waals surface area contributed by atoms with E-state index in [0.717, 1.165) is 4.88 Å². The lowest BCUT2D eigenvalue weighted by Crippen LogP contribution is -2.21. The monoisotopic (exact) mass is 427 g/mol. The molecule has 3 heterocycles. The van der Waals surface area contributed by atoms with Crippen LogP contribution in [0.3, 0.4) is 0 Å².